The largest absolute Gasteiger partial charge is 0.461 e. The number of nitrogen functional groups attached to an aromatic ring is 1. The van der Waals surface area contributed by atoms with Crippen LogP contribution in [0.3, 0.4) is 0 Å². The number of β-amino-alcohol motifs (C(OH)–C–C–N with tert-alkyl or cyclic N) is 1. The lowest BCUT2D eigenvalue weighted by molar-refractivity contribution is -0.134. The van der Waals surface area contributed by atoms with Gasteiger partial charge < -0.3 is 30.0 Å². The number of furan rings is 1. The fraction of sp³-hybridized carbons (Fsp3) is 0.667. The van der Waals surface area contributed by atoms with Gasteiger partial charge in [-0.1, -0.05) is 0 Å². The van der Waals surface area contributed by atoms with Gasteiger partial charge >= 0.3 is 0 Å². The molecular formula is C27H39N9O3. The molecule has 3 aliphatic heterocycles. The molecule has 3 N–H and O–H groups in total. The molecule has 3 saturated heterocycles. The molecule has 6 rings (SSSR count). The van der Waals surface area contributed by atoms with Crippen LogP contribution in [0.4, 0.5) is 11.9 Å². The van der Waals surface area contributed by atoms with Gasteiger partial charge in [0.05, 0.1) is 11.9 Å². The van der Waals surface area contributed by atoms with E-state index in [1.807, 2.05) is 23.6 Å². The van der Waals surface area contributed by atoms with Crippen LogP contribution in [0.25, 0.3) is 17.4 Å². The Bertz CT molecular complexity index is 1290. The van der Waals surface area contributed by atoms with Crippen molar-refractivity contribution in [3.8, 4) is 11.6 Å². The molecule has 0 bridgehead atoms. The van der Waals surface area contributed by atoms with Crippen LogP contribution < -0.4 is 10.6 Å². The highest BCUT2D eigenvalue weighted by Crippen LogP contribution is 2.34. The molecule has 3 aliphatic rings. The monoisotopic (exact) mass is 537 g/mol. The Hall–Kier alpha value is -3.25. The third kappa shape index (κ3) is 5.44. The van der Waals surface area contributed by atoms with E-state index in [0.29, 0.717) is 41.7 Å². The van der Waals surface area contributed by atoms with Crippen LogP contribution in [0.5, 0.6) is 0 Å². The number of aliphatic hydroxyl groups is 1. The van der Waals surface area contributed by atoms with E-state index in [1.165, 1.54) is 17.4 Å². The number of rotatable bonds is 6. The van der Waals surface area contributed by atoms with Crippen LogP contribution in [0.1, 0.15) is 52.4 Å². The molecule has 0 spiro atoms. The molecule has 6 heterocycles. The zero-order valence-corrected chi connectivity index (χ0v) is 22.9. The summed E-state index contributed by atoms with van der Waals surface area (Å²) in [7, 11) is 0. The minimum atomic E-state index is -0.645. The summed E-state index contributed by atoms with van der Waals surface area (Å²) in [5, 5.41) is 14.5. The van der Waals surface area contributed by atoms with E-state index in [-0.39, 0.29) is 17.9 Å². The Labute approximate surface area is 228 Å². The summed E-state index contributed by atoms with van der Waals surface area (Å²) in [4.78, 5) is 33.7. The van der Waals surface area contributed by atoms with Gasteiger partial charge in [0.1, 0.15) is 6.04 Å². The highest BCUT2D eigenvalue weighted by molar-refractivity contribution is 5.85. The summed E-state index contributed by atoms with van der Waals surface area (Å²) in [5.74, 6) is 3.37. The van der Waals surface area contributed by atoms with Crippen molar-refractivity contribution < 1.29 is 14.3 Å². The number of likely N-dealkylation sites (tertiary alicyclic amines) is 2. The molecule has 3 fully saturated rings. The Morgan fingerprint density at radius 1 is 1.05 bits per heavy atom. The highest BCUT2D eigenvalue weighted by atomic mass is 16.3. The number of carbonyl (C=O) groups excluding carboxylic acids is 1. The molecule has 1 amide bonds. The van der Waals surface area contributed by atoms with Crippen LogP contribution >= 0.6 is 0 Å². The topological polar surface area (TPSA) is 142 Å². The molecule has 39 heavy (non-hydrogen) atoms. The van der Waals surface area contributed by atoms with E-state index in [1.54, 1.807) is 18.4 Å². The van der Waals surface area contributed by atoms with Crippen LogP contribution in [0.2, 0.25) is 0 Å². The normalized spacial score (nSPS) is 22.3. The molecule has 0 saturated carbocycles. The van der Waals surface area contributed by atoms with Crippen molar-refractivity contribution in [2.75, 3.05) is 49.9 Å². The van der Waals surface area contributed by atoms with Crippen molar-refractivity contribution in [1.82, 2.24) is 34.4 Å². The third-order valence-electron chi connectivity index (χ3n) is 8.52. The first kappa shape index (κ1) is 26.0. The number of anilines is 2. The minimum absolute atomic E-state index is 0.158. The van der Waals surface area contributed by atoms with Crippen LogP contribution in [-0.4, -0.2) is 96.3 Å². The number of fused-ring (bicyclic) bond motifs is 1. The smallest absolute Gasteiger partial charge is 0.259 e. The second-order valence-corrected chi connectivity index (χ2v) is 11.9. The number of carbonyl (C=O) groups is 1. The SMILES string of the molecule is CC(C)(O)CN1CCC(C2CCN(C(=O)[C@@H]3CCCN3c3nc(N)n4nc(-c5ccco5)nc4n3)CC2)CC1. The van der Waals surface area contributed by atoms with E-state index in [9.17, 15) is 9.90 Å². The summed E-state index contributed by atoms with van der Waals surface area (Å²) in [6.07, 6.45) is 7.70. The lowest BCUT2D eigenvalue weighted by Crippen LogP contribution is -2.50. The van der Waals surface area contributed by atoms with Crippen molar-refractivity contribution in [3.63, 3.8) is 0 Å². The van der Waals surface area contributed by atoms with E-state index in [4.69, 9.17) is 10.2 Å². The summed E-state index contributed by atoms with van der Waals surface area (Å²) in [6, 6.07) is 3.26. The van der Waals surface area contributed by atoms with E-state index >= 15 is 0 Å². The second kappa shape index (κ2) is 10.4. The van der Waals surface area contributed by atoms with Crippen molar-refractivity contribution in [1.29, 1.82) is 0 Å². The molecule has 3 aromatic rings. The summed E-state index contributed by atoms with van der Waals surface area (Å²) < 4.78 is 6.80. The molecule has 0 aromatic carbocycles. The number of amides is 1. The predicted octanol–water partition coefficient (Wildman–Crippen LogP) is 2.05. The predicted molar refractivity (Wildman–Crippen MR) is 146 cm³/mol. The quantitative estimate of drug-likeness (QED) is 0.480. The van der Waals surface area contributed by atoms with E-state index in [0.717, 1.165) is 58.4 Å². The zero-order chi connectivity index (χ0) is 27.1. The van der Waals surface area contributed by atoms with Gasteiger partial charge in [-0.15, -0.1) is 5.10 Å². The summed E-state index contributed by atoms with van der Waals surface area (Å²) >= 11 is 0. The molecule has 3 aromatic heterocycles. The standard InChI is InChI=1S/C27H39N9O3/c1-27(2,38)17-33-12-7-18(8-13-33)19-9-14-34(15-10-19)23(37)20-5-3-11-35(20)25-30-24(28)36-26(31-25)29-22(32-36)21-6-4-16-39-21/h4,6,16,18-20,38H,3,5,7-15,17H2,1-2H3,(H2,28,29,30,31,32)/t20-/m0/s1. The number of hydrogen-bond acceptors (Lipinski definition) is 10. The summed E-state index contributed by atoms with van der Waals surface area (Å²) in [6.45, 7) is 8.89. The Balaban J connectivity index is 1.08. The van der Waals surface area contributed by atoms with Crippen molar-refractivity contribution >= 4 is 23.6 Å². The molecule has 12 nitrogen and oxygen atoms in total. The van der Waals surface area contributed by atoms with Crippen LogP contribution in [0.15, 0.2) is 22.8 Å². The van der Waals surface area contributed by atoms with Crippen LogP contribution in [-0.2, 0) is 4.79 Å². The first-order valence-electron chi connectivity index (χ1n) is 14.2. The lowest BCUT2D eigenvalue weighted by atomic mass is 9.78. The van der Waals surface area contributed by atoms with Gasteiger partial charge in [0.2, 0.25) is 23.6 Å². The number of piperidine rings is 2. The lowest BCUT2D eigenvalue weighted by Gasteiger charge is -2.42. The Morgan fingerprint density at radius 3 is 2.44 bits per heavy atom. The molecular weight excluding hydrogens is 498 g/mol. The van der Waals surface area contributed by atoms with Gasteiger partial charge in [0.15, 0.2) is 5.76 Å². The first-order chi connectivity index (χ1) is 18.7. The maximum absolute atomic E-state index is 13.7. The average Bonchev–Trinajstić information content (AvgIpc) is 3.68. The fourth-order valence-electron chi connectivity index (χ4n) is 6.63. The fourth-order valence-corrected chi connectivity index (χ4v) is 6.63. The van der Waals surface area contributed by atoms with Gasteiger partial charge in [-0.05, 0) is 89.4 Å². The Kier molecular flexibility index (Phi) is 6.92. The third-order valence-corrected chi connectivity index (χ3v) is 8.52. The maximum atomic E-state index is 13.7. The molecule has 12 heteroatoms. The average molecular weight is 538 g/mol. The van der Waals surface area contributed by atoms with Gasteiger partial charge in [-0.25, -0.2) is 0 Å². The molecule has 1 atom stereocenters. The maximum Gasteiger partial charge on any atom is 0.259 e. The second-order valence-electron chi connectivity index (χ2n) is 11.9. The van der Waals surface area contributed by atoms with Gasteiger partial charge in [-0.2, -0.15) is 19.5 Å². The highest BCUT2D eigenvalue weighted by Gasteiger charge is 2.38. The summed E-state index contributed by atoms with van der Waals surface area (Å²) in [5.41, 5.74) is 5.58. The molecule has 210 valence electrons. The van der Waals surface area contributed by atoms with E-state index < -0.39 is 5.60 Å². The molecule has 0 unspecified atom stereocenters. The van der Waals surface area contributed by atoms with Crippen molar-refractivity contribution in [2.24, 2.45) is 11.8 Å². The minimum Gasteiger partial charge on any atom is -0.461 e. The van der Waals surface area contributed by atoms with Crippen molar-refractivity contribution in [2.45, 2.75) is 64.0 Å². The molecule has 0 aliphatic carbocycles. The molecule has 0 radical (unpaired) electrons. The van der Waals surface area contributed by atoms with Crippen molar-refractivity contribution in [3.05, 3.63) is 18.4 Å². The van der Waals surface area contributed by atoms with Gasteiger partial charge in [0, 0.05) is 26.2 Å². The number of nitrogens with two attached hydrogens (primary N) is 1. The number of aromatic nitrogens is 5. The van der Waals surface area contributed by atoms with Gasteiger partial charge in [0.25, 0.3) is 5.78 Å². The van der Waals surface area contributed by atoms with Gasteiger partial charge in [-0.3, -0.25) is 4.79 Å². The Morgan fingerprint density at radius 2 is 1.77 bits per heavy atom. The number of nitrogens with zero attached hydrogens (tertiary/aromatic N) is 8. The van der Waals surface area contributed by atoms with Crippen LogP contribution in [0, 0.1) is 11.8 Å². The van der Waals surface area contributed by atoms with E-state index in [2.05, 4.69) is 25.0 Å². The number of hydrogen-bond donors (Lipinski definition) is 2. The first-order valence-corrected chi connectivity index (χ1v) is 14.2. The zero-order valence-electron chi connectivity index (χ0n) is 22.9.